The van der Waals surface area contributed by atoms with Crippen LogP contribution in [0.3, 0.4) is 0 Å². The number of ether oxygens (including phenoxy) is 1. The number of nitrogens with one attached hydrogen (secondary N) is 1. The van der Waals surface area contributed by atoms with Crippen molar-refractivity contribution in [1.29, 1.82) is 0 Å². The average molecular weight is 465 g/mol. The van der Waals surface area contributed by atoms with E-state index >= 15 is 0 Å². The molecule has 0 bridgehead atoms. The fraction of sp³-hybridized carbons (Fsp3) is 0.261. The van der Waals surface area contributed by atoms with E-state index in [-0.39, 0.29) is 36.0 Å². The molecular weight excluding hydrogens is 443 g/mol. The third kappa shape index (κ3) is 8.97. The Labute approximate surface area is 188 Å². The van der Waals surface area contributed by atoms with E-state index in [1.807, 2.05) is 30.3 Å². The summed E-state index contributed by atoms with van der Waals surface area (Å²) in [6.45, 7) is 1.49. The van der Waals surface area contributed by atoms with E-state index in [9.17, 15) is 27.6 Å². The van der Waals surface area contributed by atoms with E-state index in [0.29, 0.717) is 5.56 Å². The standard InChI is InChI=1S/C23H22F3NO4S/c1-16(28)32-15-19(13-17-7-9-20(10-8-17)23(24,25)26)22(30)27-12-11-21(29)31-14-18-5-3-2-4-6-18/h2-10,13H,11-12,14-15H2,1H3,(H,27,30)/b19-13-. The summed E-state index contributed by atoms with van der Waals surface area (Å²) < 4.78 is 43.3. The third-order valence-electron chi connectivity index (χ3n) is 4.16. The Morgan fingerprint density at radius 1 is 1.03 bits per heavy atom. The van der Waals surface area contributed by atoms with Crippen LogP contribution in [0.5, 0.6) is 0 Å². The van der Waals surface area contributed by atoms with Crippen LogP contribution < -0.4 is 5.32 Å². The fourth-order valence-corrected chi connectivity index (χ4v) is 3.10. The molecule has 2 rings (SSSR count). The SMILES string of the molecule is CC(=O)SC/C(=C/c1ccc(C(F)(F)F)cc1)C(=O)NCCC(=O)OCc1ccccc1. The Bertz CT molecular complexity index is 957. The molecule has 2 aromatic carbocycles. The van der Waals surface area contributed by atoms with Crippen LogP contribution in [-0.4, -0.2) is 29.3 Å². The normalized spacial score (nSPS) is 11.7. The van der Waals surface area contributed by atoms with Crippen LogP contribution in [0.15, 0.2) is 60.2 Å². The molecule has 0 aliphatic heterocycles. The minimum Gasteiger partial charge on any atom is -0.461 e. The van der Waals surface area contributed by atoms with Crippen LogP contribution in [0.2, 0.25) is 0 Å². The quantitative estimate of drug-likeness (QED) is 0.432. The first-order valence-electron chi connectivity index (χ1n) is 9.64. The number of benzene rings is 2. The van der Waals surface area contributed by atoms with Crippen LogP contribution in [0.1, 0.15) is 30.0 Å². The second-order valence-electron chi connectivity index (χ2n) is 6.72. The largest absolute Gasteiger partial charge is 0.461 e. The number of esters is 1. The molecule has 0 saturated heterocycles. The number of carbonyl (C=O) groups excluding carboxylic acids is 3. The summed E-state index contributed by atoms with van der Waals surface area (Å²) in [5, 5.41) is 2.37. The zero-order valence-electron chi connectivity index (χ0n) is 17.3. The van der Waals surface area contributed by atoms with Crippen molar-refractivity contribution in [3.63, 3.8) is 0 Å². The van der Waals surface area contributed by atoms with Gasteiger partial charge < -0.3 is 10.1 Å². The van der Waals surface area contributed by atoms with Gasteiger partial charge in [-0.2, -0.15) is 13.2 Å². The van der Waals surface area contributed by atoms with Gasteiger partial charge in [-0.3, -0.25) is 14.4 Å². The van der Waals surface area contributed by atoms with Crippen molar-refractivity contribution in [3.8, 4) is 0 Å². The van der Waals surface area contributed by atoms with Crippen LogP contribution in [0, 0.1) is 0 Å². The number of halogens is 3. The van der Waals surface area contributed by atoms with Gasteiger partial charge in [-0.05, 0) is 29.3 Å². The molecule has 1 amide bonds. The predicted molar refractivity (Wildman–Crippen MR) is 116 cm³/mol. The first kappa shape index (κ1) is 25.2. The van der Waals surface area contributed by atoms with Crippen molar-refractivity contribution in [2.75, 3.05) is 12.3 Å². The van der Waals surface area contributed by atoms with Crippen molar-refractivity contribution < 1.29 is 32.3 Å². The third-order valence-corrected chi connectivity index (χ3v) is 5.02. The highest BCUT2D eigenvalue weighted by molar-refractivity contribution is 8.13. The second-order valence-corrected chi connectivity index (χ2v) is 7.87. The summed E-state index contributed by atoms with van der Waals surface area (Å²) in [4.78, 5) is 35.7. The molecular formula is C23H22F3NO4S. The maximum absolute atomic E-state index is 12.7. The Morgan fingerprint density at radius 2 is 1.69 bits per heavy atom. The van der Waals surface area contributed by atoms with Gasteiger partial charge in [0.2, 0.25) is 5.91 Å². The maximum Gasteiger partial charge on any atom is 0.416 e. The number of hydrogen-bond donors (Lipinski definition) is 1. The number of carbonyl (C=O) groups is 3. The molecule has 5 nitrogen and oxygen atoms in total. The molecule has 0 aliphatic rings. The minimum absolute atomic E-state index is 0.0154. The molecule has 0 unspecified atom stereocenters. The zero-order valence-corrected chi connectivity index (χ0v) is 18.1. The van der Waals surface area contributed by atoms with E-state index in [1.165, 1.54) is 25.1 Å². The lowest BCUT2D eigenvalue weighted by Gasteiger charge is -2.10. The van der Waals surface area contributed by atoms with E-state index in [2.05, 4.69) is 5.32 Å². The molecule has 32 heavy (non-hydrogen) atoms. The number of thioether (sulfide) groups is 1. The van der Waals surface area contributed by atoms with Gasteiger partial charge in [0.05, 0.1) is 12.0 Å². The molecule has 9 heteroatoms. The number of alkyl halides is 3. The molecule has 2 aromatic rings. The molecule has 0 radical (unpaired) electrons. The molecule has 0 atom stereocenters. The van der Waals surface area contributed by atoms with Gasteiger partial charge in [-0.25, -0.2) is 0 Å². The maximum atomic E-state index is 12.7. The lowest BCUT2D eigenvalue weighted by Crippen LogP contribution is -2.28. The molecule has 0 aliphatic carbocycles. The first-order valence-corrected chi connectivity index (χ1v) is 10.6. The second kappa shape index (κ2) is 12.1. The van der Waals surface area contributed by atoms with Gasteiger partial charge in [0.15, 0.2) is 5.12 Å². The Hall–Kier alpha value is -3.07. The first-order chi connectivity index (χ1) is 15.1. The summed E-state index contributed by atoms with van der Waals surface area (Å²) in [6, 6.07) is 13.5. The number of amides is 1. The van der Waals surface area contributed by atoms with Crippen LogP contribution in [0.4, 0.5) is 13.2 Å². The zero-order chi connectivity index (χ0) is 23.6. The summed E-state index contributed by atoms with van der Waals surface area (Å²) >= 11 is 0.900. The summed E-state index contributed by atoms with van der Waals surface area (Å²) in [5.74, 6) is -0.962. The topological polar surface area (TPSA) is 72.5 Å². The van der Waals surface area contributed by atoms with Gasteiger partial charge in [0.25, 0.3) is 0 Å². The van der Waals surface area contributed by atoms with Crippen molar-refractivity contribution in [1.82, 2.24) is 5.32 Å². The van der Waals surface area contributed by atoms with Gasteiger partial charge in [0, 0.05) is 24.8 Å². The van der Waals surface area contributed by atoms with Crippen molar-refractivity contribution >= 4 is 34.8 Å². The van der Waals surface area contributed by atoms with E-state index in [1.54, 1.807) is 0 Å². The van der Waals surface area contributed by atoms with E-state index < -0.39 is 23.6 Å². The molecule has 0 aromatic heterocycles. The predicted octanol–water partition coefficient (Wildman–Crippen LogP) is 4.62. The summed E-state index contributed by atoms with van der Waals surface area (Å²) in [7, 11) is 0. The molecule has 1 N–H and O–H groups in total. The molecule has 170 valence electrons. The minimum atomic E-state index is -4.46. The Kier molecular flexibility index (Phi) is 9.52. The molecule has 0 saturated carbocycles. The van der Waals surface area contributed by atoms with E-state index in [0.717, 1.165) is 29.5 Å². The van der Waals surface area contributed by atoms with Crippen LogP contribution in [-0.2, 0) is 31.9 Å². The van der Waals surface area contributed by atoms with Gasteiger partial charge >= 0.3 is 12.1 Å². The van der Waals surface area contributed by atoms with E-state index in [4.69, 9.17) is 4.74 Å². The smallest absolute Gasteiger partial charge is 0.416 e. The number of rotatable bonds is 9. The number of hydrogen-bond acceptors (Lipinski definition) is 5. The van der Waals surface area contributed by atoms with Crippen LogP contribution in [0.25, 0.3) is 6.08 Å². The highest BCUT2D eigenvalue weighted by Crippen LogP contribution is 2.29. The Balaban J connectivity index is 1.94. The summed E-state index contributed by atoms with van der Waals surface area (Å²) in [5.41, 5.74) is 0.623. The average Bonchev–Trinajstić information content (AvgIpc) is 2.75. The monoisotopic (exact) mass is 465 g/mol. The van der Waals surface area contributed by atoms with Gasteiger partial charge in [-0.15, -0.1) is 0 Å². The fourth-order valence-electron chi connectivity index (χ4n) is 2.52. The molecule has 0 fully saturated rings. The lowest BCUT2D eigenvalue weighted by molar-refractivity contribution is -0.145. The Morgan fingerprint density at radius 3 is 2.28 bits per heavy atom. The van der Waals surface area contributed by atoms with Gasteiger partial charge in [0.1, 0.15) is 6.61 Å². The van der Waals surface area contributed by atoms with Crippen LogP contribution >= 0.6 is 11.8 Å². The van der Waals surface area contributed by atoms with Crippen molar-refractivity contribution in [3.05, 3.63) is 76.9 Å². The highest BCUT2D eigenvalue weighted by Gasteiger charge is 2.29. The van der Waals surface area contributed by atoms with Gasteiger partial charge in [-0.1, -0.05) is 54.2 Å². The molecule has 0 spiro atoms. The van der Waals surface area contributed by atoms with Crippen molar-refractivity contribution in [2.45, 2.75) is 26.1 Å². The summed E-state index contributed by atoms with van der Waals surface area (Å²) in [6.07, 6.45) is -3.09. The van der Waals surface area contributed by atoms with Crippen molar-refractivity contribution in [2.24, 2.45) is 0 Å². The lowest BCUT2D eigenvalue weighted by atomic mass is 10.1. The molecule has 0 heterocycles. The highest BCUT2D eigenvalue weighted by atomic mass is 32.2.